The van der Waals surface area contributed by atoms with Gasteiger partial charge >= 0.3 is 0 Å². The summed E-state index contributed by atoms with van der Waals surface area (Å²) in [6, 6.07) is 0. The van der Waals surface area contributed by atoms with Gasteiger partial charge in [-0.05, 0) is 38.5 Å². The molecule has 31 heavy (non-hydrogen) atoms. The fourth-order valence-electron chi connectivity index (χ4n) is 3.45. The molecule has 0 aromatic heterocycles. The van der Waals surface area contributed by atoms with Gasteiger partial charge in [0.2, 0.25) is 11.8 Å². The summed E-state index contributed by atoms with van der Waals surface area (Å²) < 4.78 is 0. The number of hydrogen-bond donors (Lipinski definition) is 3. The largest absolute Gasteiger partial charge is 0.355 e. The van der Waals surface area contributed by atoms with Gasteiger partial charge in [-0.1, -0.05) is 63.5 Å². The third-order valence-electron chi connectivity index (χ3n) is 5.37. The molecule has 0 aliphatic carbocycles. The molecular formula is C26H49N3O2. The molecule has 0 unspecified atom stereocenters. The number of rotatable bonds is 24. The maximum atomic E-state index is 11.8. The molecule has 0 bridgehead atoms. The Balaban J connectivity index is 3.28. The van der Waals surface area contributed by atoms with Gasteiger partial charge in [0.25, 0.3) is 0 Å². The Morgan fingerprint density at radius 2 is 0.871 bits per heavy atom. The second-order valence-corrected chi connectivity index (χ2v) is 8.35. The van der Waals surface area contributed by atoms with Crippen molar-refractivity contribution in [3.8, 4) is 0 Å². The van der Waals surface area contributed by atoms with E-state index in [0.717, 1.165) is 51.6 Å². The second kappa shape index (κ2) is 24.6. The van der Waals surface area contributed by atoms with Gasteiger partial charge in [0.05, 0.1) is 0 Å². The Hall–Kier alpha value is -1.62. The molecule has 0 aromatic carbocycles. The van der Waals surface area contributed by atoms with E-state index in [-0.39, 0.29) is 11.8 Å². The smallest absolute Gasteiger partial charge is 0.220 e. The molecule has 0 aromatic rings. The lowest BCUT2D eigenvalue weighted by Gasteiger charge is -2.08. The zero-order valence-electron chi connectivity index (χ0n) is 20.0. The molecule has 0 rings (SSSR count). The molecule has 0 heterocycles. The van der Waals surface area contributed by atoms with E-state index in [1.54, 1.807) is 0 Å². The third kappa shape index (κ3) is 24.5. The highest BCUT2D eigenvalue weighted by molar-refractivity contribution is 5.76. The number of allylic oxidation sites excluding steroid dienone is 2. The predicted octanol–water partition coefficient (Wildman–Crippen LogP) is 5.42. The van der Waals surface area contributed by atoms with E-state index in [2.05, 4.69) is 29.1 Å². The Labute approximate surface area is 191 Å². The van der Waals surface area contributed by atoms with Crippen LogP contribution in [0.25, 0.3) is 0 Å². The number of nitrogens with one attached hydrogen (secondary N) is 3. The van der Waals surface area contributed by atoms with Gasteiger partial charge in [0.15, 0.2) is 0 Å². The summed E-state index contributed by atoms with van der Waals surface area (Å²) in [5.74, 6) is 0.282. The summed E-state index contributed by atoms with van der Waals surface area (Å²) in [6.45, 7) is 10.2. The van der Waals surface area contributed by atoms with Gasteiger partial charge in [0.1, 0.15) is 0 Å². The summed E-state index contributed by atoms with van der Waals surface area (Å²) in [4.78, 5) is 23.6. The third-order valence-corrected chi connectivity index (χ3v) is 5.37. The highest BCUT2D eigenvalue weighted by Gasteiger charge is 2.02. The van der Waals surface area contributed by atoms with E-state index < -0.39 is 0 Å². The molecule has 0 atom stereocenters. The maximum Gasteiger partial charge on any atom is 0.220 e. The van der Waals surface area contributed by atoms with Crippen molar-refractivity contribution in [1.29, 1.82) is 0 Å². The minimum absolute atomic E-state index is 0.141. The number of amides is 2. The minimum Gasteiger partial charge on any atom is -0.355 e. The van der Waals surface area contributed by atoms with E-state index in [1.807, 2.05) is 12.2 Å². The highest BCUT2D eigenvalue weighted by atomic mass is 16.2. The first-order valence-electron chi connectivity index (χ1n) is 12.7. The quantitative estimate of drug-likeness (QED) is 0.140. The van der Waals surface area contributed by atoms with Crippen molar-refractivity contribution in [2.75, 3.05) is 26.2 Å². The molecule has 2 amide bonds. The van der Waals surface area contributed by atoms with E-state index in [4.69, 9.17) is 0 Å². The van der Waals surface area contributed by atoms with Gasteiger partial charge in [0, 0.05) is 39.0 Å². The van der Waals surface area contributed by atoms with Crippen molar-refractivity contribution in [3.63, 3.8) is 0 Å². The van der Waals surface area contributed by atoms with Crippen molar-refractivity contribution in [3.05, 3.63) is 25.3 Å². The summed E-state index contributed by atoms with van der Waals surface area (Å²) in [6.07, 6.45) is 21.6. The standard InChI is InChI=1S/C26H49N3O2/c1-3-5-7-9-11-13-15-17-19-25(30)28-23-21-27-22-24-29-26(31)20-18-16-14-12-10-8-6-4-2/h3-4,27H,1-2,5-24H2,(H,28,30)(H,29,31). The van der Waals surface area contributed by atoms with Gasteiger partial charge in [-0.15, -0.1) is 13.2 Å². The Bertz CT molecular complexity index is 412. The number of carbonyl (C=O) groups is 2. The predicted molar refractivity (Wildman–Crippen MR) is 133 cm³/mol. The van der Waals surface area contributed by atoms with E-state index >= 15 is 0 Å². The monoisotopic (exact) mass is 435 g/mol. The Morgan fingerprint density at radius 3 is 1.26 bits per heavy atom. The van der Waals surface area contributed by atoms with Crippen molar-refractivity contribution in [1.82, 2.24) is 16.0 Å². The fraction of sp³-hybridized carbons (Fsp3) is 0.769. The van der Waals surface area contributed by atoms with Gasteiger partial charge < -0.3 is 16.0 Å². The molecule has 0 aliphatic rings. The van der Waals surface area contributed by atoms with Crippen LogP contribution in [0.1, 0.15) is 103 Å². The highest BCUT2D eigenvalue weighted by Crippen LogP contribution is 2.09. The first-order valence-corrected chi connectivity index (χ1v) is 12.7. The zero-order valence-corrected chi connectivity index (χ0v) is 20.0. The van der Waals surface area contributed by atoms with Crippen LogP contribution in [0.2, 0.25) is 0 Å². The number of carbonyl (C=O) groups excluding carboxylic acids is 2. The fourth-order valence-corrected chi connectivity index (χ4v) is 3.45. The van der Waals surface area contributed by atoms with Crippen molar-refractivity contribution in [2.24, 2.45) is 0 Å². The van der Waals surface area contributed by atoms with Crippen LogP contribution in [0.4, 0.5) is 0 Å². The van der Waals surface area contributed by atoms with Crippen LogP contribution in [-0.2, 0) is 9.59 Å². The van der Waals surface area contributed by atoms with Crippen LogP contribution in [0.3, 0.4) is 0 Å². The Morgan fingerprint density at radius 1 is 0.516 bits per heavy atom. The average molecular weight is 436 g/mol. The Kier molecular flexibility index (Phi) is 23.4. The average Bonchev–Trinajstić information content (AvgIpc) is 2.76. The lowest BCUT2D eigenvalue weighted by molar-refractivity contribution is -0.121. The molecule has 0 spiro atoms. The molecule has 5 nitrogen and oxygen atoms in total. The maximum absolute atomic E-state index is 11.8. The summed E-state index contributed by atoms with van der Waals surface area (Å²) in [5.41, 5.74) is 0. The van der Waals surface area contributed by atoms with Crippen LogP contribution >= 0.6 is 0 Å². The second-order valence-electron chi connectivity index (χ2n) is 8.35. The molecular weight excluding hydrogens is 386 g/mol. The van der Waals surface area contributed by atoms with Crippen molar-refractivity contribution >= 4 is 11.8 Å². The molecule has 0 saturated carbocycles. The number of hydrogen-bond acceptors (Lipinski definition) is 3. The van der Waals surface area contributed by atoms with Gasteiger partial charge in [-0.3, -0.25) is 9.59 Å². The number of unbranched alkanes of at least 4 members (excludes halogenated alkanes) is 12. The lowest BCUT2D eigenvalue weighted by atomic mass is 10.1. The topological polar surface area (TPSA) is 70.2 Å². The summed E-state index contributed by atoms with van der Waals surface area (Å²) in [7, 11) is 0. The summed E-state index contributed by atoms with van der Waals surface area (Å²) >= 11 is 0. The van der Waals surface area contributed by atoms with Crippen LogP contribution in [0, 0.1) is 0 Å². The van der Waals surface area contributed by atoms with Crippen LogP contribution in [0.15, 0.2) is 25.3 Å². The van der Waals surface area contributed by atoms with Gasteiger partial charge in [-0.2, -0.15) is 0 Å². The van der Waals surface area contributed by atoms with E-state index in [9.17, 15) is 9.59 Å². The SMILES string of the molecule is C=CCCCCCCCCC(=O)NCCNCCNC(=O)CCCCCCCCC=C. The summed E-state index contributed by atoms with van der Waals surface area (Å²) in [5, 5.41) is 9.16. The molecule has 180 valence electrons. The normalized spacial score (nSPS) is 10.6. The van der Waals surface area contributed by atoms with Gasteiger partial charge in [-0.25, -0.2) is 0 Å². The van der Waals surface area contributed by atoms with E-state index in [1.165, 1.54) is 51.4 Å². The molecule has 0 aliphatic heterocycles. The van der Waals surface area contributed by atoms with Crippen molar-refractivity contribution < 1.29 is 9.59 Å². The van der Waals surface area contributed by atoms with Crippen LogP contribution in [-0.4, -0.2) is 38.0 Å². The molecule has 0 fully saturated rings. The molecule has 5 heteroatoms. The van der Waals surface area contributed by atoms with E-state index in [0.29, 0.717) is 25.9 Å². The van der Waals surface area contributed by atoms with Crippen LogP contribution in [0.5, 0.6) is 0 Å². The van der Waals surface area contributed by atoms with Crippen molar-refractivity contribution in [2.45, 2.75) is 103 Å². The molecule has 3 N–H and O–H groups in total. The molecule has 0 radical (unpaired) electrons. The zero-order chi connectivity index (χ0) is 22.8. The first kappa shape index (κ1) is 29.4. The van der Waals surface area contributed by atoms with Crippen LogP contribution < -0.4 is 16.0 Å². The first-order chi connectivity index (χ1) is 15.2. The minimum atomic E-state index is 0.141. The lowest BCUT2D eigenvalue weighted by Crippen LogP contribution is -2.36. The molecule has 0 saturated heterocycles.